The Balaban J connectivity index is 1.40. The van der Waals surface area contributed by atoms with E-state index in [0.717, 1.165) is 31.6 Å². The van der Waals surface area contributed by atoms with Crippen LogP contribution in [0.2, 0.25) is 5.02 Å². The topological polar surface area (TPSA) is 111 Å². The number of nitrogens with zero attached hydrogens (tertiary/aromatic N) is 4. The van der Waals surface area contributed by atoms with Crippen molar-refractivity contribution in [3.05, 3.63) is 47.0 Å². The Morgan fingerprint density at radius 1 is 1.23 bits per heavy atom. The molecule has 0 atom stereocenters. The lowest BCUT2D eigenvalue weighted by Gasteiger charge is -2.63. The molecular weight excluding hydrogens is 466 g/mol. The Hall–Kier alpha value is -2.89. The fraction of sp³-hybridized carbons (Fsp3) is 0.538. The van der Waals surface area contributed by atoms with E-state index in [9.17, 15) is 9.90 Å². The Morgan fingerprint density at radius 3 is 2.40 bits per heavy atom. The molecule has 1 aromatic heterocycles. The van der Waals surface area contributed by atoms with Crippen LogP contribution in [0.4, 0.5) is 5.69 Å². The average molecular weight is 498 g/mol. The van der Waals surface area contributed by atoms with E-state index in [4.69, 9.17) is 21.6 Å². The molecule has 1 amide bonds. The molecule has 0 radical (unpaired) electrons. The number of carbonyl (C=O) groups excluding carboxylic acids is 1. The highest BCUT2D eigenvalue weighted by Gasteiger charge is 2.64. The van der Waals surface area contributed by atoms with Gasteiger partial charge in [-0.05, 0) is 30.9 Å². The molecule has 0 spiro atoms. The average Bonchev–Trinajstić information content (AvgIpc) is 2.85. The molecule has 186 valence electrons. The van der Waals surface area contributed by atoms with E-state index in [1.165, 1.54) is 0 Å². The molecule has 1 saturated heterocycles. The summed E-state index contributed by atoms with van der Waals surface area (Å²) in [4.78, 5) is 23.8. The first-order chi connectivity index (χ1) is 16.6. The van der Waals surface area contributed by atoms with Gasteiger partial charge in [-0.1, -0.05) is 39.3 Å². The highest BCUT2D eigenvalue weighted by molar-refractivity contribution is 6.31. The fourth-order valence-corrected chi connectivity index (χ4v) is 5.98. The van der Waals surface area contributed by atoms with Crippen LogP contribution in [0.3, 0.4) is 0 Å². The highest BCUT2D eigenvalue weighted by Crippen LogP contribution is 2.55. The van der Waals surface area contributed by atoms with Crippen molar-refractivity contribution >= 4 is 23.2 Å². The van der Waals surface area contributed by atoms with Gasteiger partial charge >= 0.3 is 0 Å². The van der Waals surface area contributed by atoms with Crippen molar-refractivity contribution in [2.45, 2.75) is 52.7 Å². The lowest BCUT2D eigenvalue weighted by atomic mass is 9.49. The first kappa shape index (κ1) is 25.2. The van der Waals surface area contributed by atoms with Crippen LogP contribution in [0.15, 0.2) is 30.6 Å². The van der Waals surface area contributed by atoms with Crippen LogP contribution in [-0.4, -0.2) is 52.8 Å². The van der Waals surface area contributed by atoms with Gasteiger partial charge in [-0.2, -0.15) is 5.26 Å². The lowest BCUT2D eigenvalue weighted by Crippen LogP contribution is -2.74. The first-order valence-electron chi connectivity index (χ1n) is 11.9. The zero-order chi connectivity index (χ0) is 25.4. The van der Waals surface area contributed by atoms with Gasteiger partial charge in [-0.3, -0.25) is 4.79 Å². The molecule has 2 heterocycles. The van der Waals surface area contributed by atoms with E-state index in [1.54, 1.807) is 30.6 Å². The first-order valence-corrected chi connectivity index (χ1v) is 12.3. The second-order valence-electron chi connectivity index (χ2n) is 10.7. The van der Waals surface area contributed by atoms with Crippen LogP contribution in [0, 0.1) is 28.1 Å². The number of nitriles is 1. The van der Waals surface area contributed by atoms with Crippen LogP contribution in [0.1, 0.15) is 56.7 Å². The third-order valence-electron chi connectivity index (χ3n) is 7.51. The van der Waals surface area contributed by atoms with Crippen LogP contribution in [0.25, 0.3) is 0 Å². The number of piperidine rings is 1. The van der Waals surface area contributed by atoms with Gasteiger partial charge in [0.2, 0.25) is 5.82 Å². The summed E-state index contributed by atoms with van der Waals surface area (Å²) in [5.74, 6) is 0.760. The Labute approximate surface area is 211 Å². The molecule has 35 heavy (non-hydrogen) atoms. The van der Waals surface area contributed by atoms with Crippen molar-refractivity contribution in [1.29, 1.82) is 5.26 Å². The van der Waals surface area contributed by atoms with Gasteiger partial charge in [-0.15, -0.1) is 0 Å². The number of benzene rings is 1. The van der Waals surface area contributed by atoms with Gasteiger partial charge in [-0.25, -0.2) is 9.97 Å². The Bertz CT molecular complexity index is 1100. The zero-order valence-electron chi connectivity index (χ0n) is 20.6. The number of amides is 1. The maximum atomic E-state index is 13.0. The van der Waals surface area contributed by atoms with Gasteiger partial charge < -0.3 is 20.1 Å². The number of rotatable bonds is 6. The minimum absolute atomic E-state index is 0.133. The van der Waals surface area contributed by atoms with E-state index in [2.05, 4.69) is 47.9 Å². The van der Waals surface area contributed by atoms with Crippen molar-refractivity contribution in [2.75, 3.05) is 24.6 Å². The summed E-state index contributed by atoms with van der Waals surface area (Å²) in [6.45, 7) is 10.1. The van der Waals surface area contributed by atoms with E-state index in [-0.39, 0.29) is 41.3 Å². The molecule has 0 unspecified atom stereocenters. The zero-order valence-corrected chi connectivity index (χ0v) is 21.3. The summed E-state index contributed by atoms with van der Waals surface area (Å²) in [6, 6.07) is 6.92. The summed E-state index contributed by atoms with van der Waals surface area (Å²) in [7, 11) is 0. The smallest absolute Gasteiger partial charge is 0.289 e. The molecule has 8 nitrogen and oxygen atoms in total. The van der Waals surface area contributed by atoms with Crippen molar-refractivity contribution < 1.29 is 14.6 Å². The molecule has 2 aliphatic rings. The second kappa shape index (κ2) is 9.63. The molecule has 1 saturated carbocycles. The molecule has 1 aliphatic carbocycles. The molecule has 4 rings (SSSR count). The number of halogens is 1. The lowest BCUT2D eigenvalue weighted by molar-refractivity contribution is -0.164. The number of aromatic nitrogens is 2. The summed E-state index contributed by atoms with van der Waals surface area (Å²) in [5, 5.41) is 21.9. The third kappa shape index (κ3) is 4.80. The van der Waals surface area contributed by atoms with Gasteiger partial charge in [0.25, 0.3) is 5.91 Å². The Kier molecular flexibility index (Phi) is 6.94. The second-order valence-corrected chi connectivity index (χ2v) is 11.1. The third-order valence-corrected chi connectivity index (χ3v) is 7.82. The fourth-order valence-electron chi connectivity index (χ4n) is 5.77. The summed E-state index contributed by atoms with van der Waals surface area (Å²) < 4.78 is 6.28. The summed E-state index contributed by atoms with van der Waals surface area (Å²) in [5.41, 5.74) is 0.557. The quantitative estimate of drug-likeness (QED) is 0.623. The number of aliphatic hydroxyl groups is 1. The van der Waals surface area contributed by atoms with Crippen molar-refractivity contribution in [3.63, 3.8) is 0 Å². The van der Waals surface area contributed by atoms with Crippen LogP contribution in [0.5, 0.6) is 5.75 Å². The van der Waals surface area contributed by atoms with Gasteiger partial charge in [0.05, 0.1) is 28.7 Å². The van der Waals surface area contributed by atoms with Crippen LogP contribution < -0.4 is 15.0 Å². The molecular formula is C26H32ClN5O3. The van der Waals surface area contributed by atoms with Crippen molar-refractivity contribution in [1.82, 2.24) is 15.3 Å². The standard InChI is InChI=1S/C26H32ClN5O3/c1-25(2)23(26(3,4)24(25)35-19-6-5-17(12-28)20(27)11-19)31-22(34)21-29-13-18(14-30-21)32-9-7-16(15-33)8-10-32/h5-6,11,13-14,16,23-24,33H,7-10,15H2,1-4H3,(H,31,34). The van der Waals surface area contributed by atoms with Gasteiger partial charge in [0.15, 0.2) is 0 Å². The number of hydrogen-bond acceptors (Lipinski definition) is 7. The SMILES string of the molecule is CC1(C)C(NC(=O)c2ncc(N3CCC(CO)CC3)cn2)C(C)(C)C1Oc1ccc(C#N)c(Cl)c1. The van der Waals surface area contributed by atoms with Crippen molar-refractivity contribution in [3.8, 4) is 11.8 Å². The molecule has 2 aromatic rings. The van der Waals surface area contributed by atoms with Crippen molar-refractivity contribution in [2.24, 2.45) is 16.7 Å². The number of ether oxygens (including phenoxy) is 1. The highest BCUT2D eigenvalue weighted by atomic mass is 35.5. The predicted molar refractivity (Wildman–Crippen MR) is 133 cm³/mol. The summed E-state index contributed by atoms with van der Waals surface area (Å²) in [6.07, 6.45) is 5.07. The minimum atomic E-state index is -0.365. The molecule has 1 aromatic carbocycles. The monoisotopic (exact) mass is 497 g/mol. The number of aliphatic hydroxyl groups excluding tert-OH is 1. The molecule has 9 heteroatoms. The molecule has 2 N–H and O–H groups in total. The van der Waals surface area contributed by atoms with E-state index in [0.29, 0.717) is 22.3 Å². The molecule has 0 bridgehead atoms. The number of nitrogens with one attached hydrogen (secondary N) is 1. The predicted octanol–water partition coefficient (Wildman–Crippen LogP) is 3.82. The van der Waals surface area contributed by atoms with Crippen LogP contribution >= 0.6 is 11.6 Å². The van der Waals surface area contributed by atoms with E-state index >= 15 is 0 Å². The minimum Gasteiger partial charge on any atom is -0.489 e. The van der Waals surface area contributed by atoms with Gasteiger partial charge in [0, 0.05) is 42.6 Å². The number of anilines is 1. The molecule has 2 fully saturated rings. The Morgan fingerprint density at radius 2 is 1.86 bits per heavy atom. The number of hydrogen-bond donors (Lipinski definition) is 2. The number of carbonyl (C=O) groups is 1. The van der Waals surface area contributed by atoms with E-state index < -0.39 is 0 Å². The van der Waals surface area contributed by atoms with Gasteiger partial charge in [0.1, 0.15) is 17.9 Å². The van der Waals surface area contributed by atoms with Crippen LogP contribution in [-0.2, 0) is 0 Å². The normalized spacial score (nSPS) is 23.2. The maximum Gasteiger partial charge on any atom is 0.289 e. The van der Waals surface area contributed by atoms with E-state index in [1.807, 2.05) is 6.07 Å². The maximum absolute atomic E-state index is 13.0. The largest absolute Gasteiger partial charge is 0.489 e. The molecule has 1 aliphatic heterocycles. The summed E-state index contributed by atoms with van der Waals surface area (Å²) >= 11 is 6.17.